The van der Waals surface area contributed by atoms with E-state index in [-0.39, 0.29) is 11.8 Å². The minimum Gasteiger partial charge on any atom is -0.365 e. The monoisotopic (exact) mass is 582 g/mol. The average Bonchev–Trinajstić information content (AvgIpc) is 3.51. The summed E-state index contributed by atoms with van der Waals surface area (Å²) >= 11 is 2.23. The first-order chi connectivity index (χ1) is 16.8. The molecule has 1 aliphatic rings. The van der Waals surface area contributed by atoms with Gasteiger partial charge < -0.3 is 16.0 Å². The highest BCUT2D eigenvalue weighted by molar-refractivity contribution is 14.1. The lowest BCUT2D eigenvalue weighted by atomic mass is 10.1. The Hall–Kier alpha value is -3.21. The zero-order valence-corrected chi connectivity index (χ0v) is 22.1. The van der Waals surface area contributed by atoms with Gasteiger partial charge in [-0.3, -0.25) is 14.0 Å². The van der Waals surface area contributed by atoms with Crippen LogP contribution in [0.3, 0.4) is 0 Å². The number of hydrogen-bond donors (Lipinski definition) is 3. The standard InChI is InChI=1S/C26H27IN6O2/c1-14-10-21-22(11-15(14)2)33-23(13-30-25(33)24(32-21)29-9-8-28-16(3)34)17-4-7-19(20(27)12-17)26(35)31-18-5-6-18/h4,7,10-13,18H,5-6,8-9H2,1-3H3,(H,28,34)(H,29,32)(H,31,35). The highest BCUT2D eigenvalue weighted by Crippen LogP contribution is 2.31. The van der Waals surface area contributed by atoms with Gasteiger partial charge in [-0.15, -0.1) is 0 Å². The number of imidazole rings is 1. The van der Waals surface area contributed by atoms with Gasteiger partial charge in [0.2, 0.25) is 5.91 Å². The van der Waals surface area contributed by atoms with Crippen LogP contribution >= 0.6 is 22.6 Å². The van der Waals surface area contributed by atoms with Crippen LogP contribution in [-0.4, -0.2) is 45.3 Å². The summed E-state index contributed by atoms with van der Waals surface area (Å²) in [5, 5.41) is 9.19. The normalized spacial score (nSPS) is 13.3. The third-order valence-electron chi connectivity index (χ3n) is 6.25. The molecule has 35 heavy (non-hydrogen) atoms. The molecule has 1 aliphatic carbocycles. The van der Waals surface area contributed by atoms with Crippen molar-refractivity contribution in [2.75, 3.05) is 18.4 Å². The van der Waals surface area contributed by atoms with Crippen LogP contribution in [0.15, 0.2) is 36.5 Å². The molecule has 1 saturated carbocycles. The van der Waals surface area contributed by atoms with Gasteiger partial charge in [-0.1, -0.05) is 6.07 Å². The van der Waals surface area contributed by atoms with Gasteiger partial charge in [-0.05, 0) is 84.7 Å². The van der Waals surface area contributed by atoms with Crippen LogP contribution in [0, 0.1) is 17.4 Å². The highest BCUT2D eigenvalue weighted by atomic mass is 127. The third kappa shape index (κ3) is 4.82. The Labute approximate surface area is 217 Å². The molecule has 1 fully saturated rings. The third-order valence-corrected chi connectivity index (χ3v) is 7.14. The number of carbonyl (C=O) groups excluding carboxylic acids is 2. The lowest BCUT2D eigenvalue weighted by Crippen LogP contribution is -2.26. The fourth-order valence-electron chi connectivity index (χ4n) is 4.08. The Bertz CT molecular complexity index is 1470. The van der Waals surface area contributed by atoms with Crippen LogP contribution < -0.4 is 16.0 Å². The Morgan fingerprint density at radius 2 is 1.89 bits per heavy atom. The average molecular weight is 582 g/mol. The SMILES string of the molecule is CC(=O)NCCNc1nc2cc(C)c(C)cc2n2c(-c3ccc(C(=O)NC4CC4)c(I)c3)cnc12. The number of aryl methyl sites for hydroxylation is 2. The van der Waals surface area contributed by atoms with Crippen LogP contribution in [0.4, 0.5) is 5.82 Å². The Balaban J connectivity index is 1.59. The van der Waals surface area contributed by atoms with E-state index in [1.54, 1.807) is 0 Å². The van der Waals surface area contributed by atoms with Crippen molar-refractivity contribution < 1.29 is 9.59 Å². The van der Waals surface area contributed by atoms with Crippen molar-refractivity contribution in [2.45, 2.75) is 39.7 Å². The van der Waals surface area contributed by atoms with Crippen molar-refractivity contribution in [3.8, 4) is 11.3 Å². The number of anilines is 1. The summed E-state index contributed by atoms with van der Waals surface area (Å²) in [6.07, 6.45) is 3.97. The predicted molar refractivity (Wildman–Crippen MR) is 146 cm³/mol. The molecule has 9 heteroatoms. The number of nitrogens with one attached hydrogen (secondary N) is 3. The molecule has 2 aromatic carbocycles. The predicted octanol–water partition coefficient (Wildman–Crippen LogP) is 4.21. The summed E-state index contributed by atoms with van der Waals surface area (Å²) in [4.78, 5) is 33.4. The fourth-order valence-corrected chi connectivity index (χ4v) is 4.84. The number of carbonyl (C=O) groups is 2. The minimum atomic E-state index is -0.0681. The van der Waals surface area contributed by atoms with E-state index in [0.29, 0.717) is 36.2 Å². The summed E-state index contributed by atoms with van der Waals surface area (Å²) < 4.78 is 3.01. The van der Waals surface area contributed by atoms with Crippen LogP contribution in [0.25, 0.3) is 27.9 Å². The van der Waals surface area contributed by atoms with Gasteiger partial charge in [-0.25, -0.2) is 9.97 Å². The largest absolute Gasteiger partial charge is 0.365 e. The smallest absolute Gasteiger partial charge is 0.252 e. The summed E-state index contributed by atoms with van der Waals surface area (Å²) in [6, 6.07) is 10.4. The molecule has 4 aromatic rings. The van der Waals surface area contributed by atoms with E-state index in [4.69, 9.17) is 9.97 Å². The summed E-state index contributed by atoms with van der Waals surface area (Å²) in [7, 11) is 0. The zero-order chi connectivity index (χ0) is 24.7. The Morgan fingerprint density at radius 1 is 1.11 bits per heavy atom. The van der Waals surface area contributed by atoms with Crippen molar-refractivity contribution >= 4 is 56.9 Å². The first-order valence-corrected chi connectivity index (χ1v) is 12.8. The molecule has 2 aromatic heterocycles. The van der Waals surface area contributed by atoms with Crippen LogP contribution in [0.1, 0.15) is 41.3 Å². The number of hydrogen-bond acceptors (Lipinski definition) is 5. The van der Waals surface area contributed by atoms with E-state index in [1.807, 2.05) is 24.4 Å². The molecule has 0 atom stereocenters. The topological polar surface area (TPSA) is 100 Å². The van der Waals surface area contributed by atoms with E-state index >= 15 is 0 Å². The van der Waals surface area contributed by atoms with E-state index in [9.17, 15) is 9.59 Å². The molecule has 0 saturated heterocycles. The molecule has 0 bridgehead atoms. The quantitative estimate of drug-likeness (QED) is 0.224. The number of fused-ring (bicyclic) bond motifs is 3. The van der Waals surface area contributed by atoms with Gasteiger partial charge in [-0.2, -0.15) is 0 Å². The van der Waals surface area contributed by atoms with Gasteiger partial charge in [0.15, 0.2) is 11.5 Å². The second-order valence-corrected chi connectivity index (χ2v) is 10.2. The highest BCUT2D eigenvalue weighted by Gasteiger charge is 2.25. The summed E-state index contributed by atoms with van der Waals surface area (Å²) in [5.41, 5.74) is 7.46. The first-order valence-electron chi connectivity index (χ1n) is 11.7. The second-order valence-electron chi connectivity index (χ2n) is 9.04. The van der Waals surface area contributed by atoms with Crippen molar-refractivity contribution in [3.05, 3.63) is 56.8 Å². The lowest BCUT2D eigenvalue weighted by Gasteiger charge is -2.14. The Morgan fingerprint density at radius 3 is 2.60 bits per heavy atom. The van der Waals surface area contributed by atoms with E-state index in [1.165, 1.54) is 12.5 Å². The van der Waals surface area contributed by atoms with Gasteiger partial charge in [0.25, 0.3) is 5.91 Å². The molecule has 8 nitrogen and oxygen atoms in total. The molecule has 180 valence electrons. The van der Waals surface area contributed by atoms with E-state index in [0.717, 1.165) is 44.3 Å². The van der Waals surface area contributed by atoms with Crippen molar-refractivity contribution in [1.29, 1.82) is 0 Å². The van der Waals surface area contributed by atoms with Crippen molar-refractivity contribution in [3.63, 3.8) is 0 Å². The lowest BCUT2D eigenvalue weighted by molar-refractivity contribution is -0.118. The number of amides is 2. The number of halogens is 1. The molecule has 3 N–H and O–H groups in total. The molecule has 2 heterocycles. The van der Waals surface area contributed by atoms with Gasteiger partial charge >= 0.3 is 0 Å². The fraction of sp³-hybridized carbons (Fsp3) is 0.308. The molecule has 0 spiro atoms. The number of nitrogens with zero attached hydrogens (tertiary/aromatic N) is 3. The number of aromatic nitrogens is 3. The Kier molecular flexibility index (Phi) is 6.35. The molecule has 0 aliphatic heterocycles. The molecule has 5 rings (SSSR count). The van der Waals surface area contributed by atoms with Gasteiger partial charge in [0, 0.05) is 35.2 Å². The van der Waals surface area contributed by atoms with Gasteiger partial charge in [0.05, 0.1) is 28.5 Å². The molecule has 0 unspecified atom stereocenters. The van der Waals surface area contributed by atoms with Crippen LogP contribution in [0.2, 0.25) is 0 Å². The minimum absolute atomic E-state index is 0.0204. The van der Waals surface area contributed by atoms with Crippen molar-refractivity contribution in [1.82, 2.24) is 25.0 Å². The zero-order valence-electron chi connectivity index (χ0n) is 19.9. The summed E-state index contributed by atoms with van der Waals surface area (Å²) in [6.45, 7) is 6.69. The first kappa shape index (κ1) is 23.5. The number of rotatable bonds is 7. The molecular weight excluding hydrogens is 555 g/mol. The van der Waals surface area contributed by atoms with Crippen LogP contribution in [0.5, 0.6) is 0 Å². The molecule has 2 amide bonds. The van der Waals surface area contributed by atoms with Crippen molar-refractivity contribution in [2.24, 2.45) is 0 Å². The maximum atomic E-state index is 12.6. The maximum absolute atomic E-state index is 12.6. The second kappa shape index (κ2) is 9.44. The van der Waals surface area contributed by atoms with Crippen LogP contribution in [-0.2, 0) is 4.79 Å². The summed E-state index contributed by atoms with van der Waals surface area (Å²) in [5.74, 6) is 0.571. The van der Waals surface area contributed by atoms with E-state index in [2.05, 4.69) is 68.9 Å². The number of benzene rings is 2. The van der Waals surface area contributed by atoms with Gasteiger partial charge in [0.1, 0.15) is 0 Å². The molecule has 0 radical (unpaired) electrons. The maximum Gasteiger partial charge on any atom is 0.252 e. The molecular formula is C26H27IN6O2. The van der Waals surface area contributed by atoms with E-state index < -0.39 is 0 Å².